The van der Waals surface area contributed by atoms with Crippen LogP contribution >= 0.6 is 0 Å². The summed E-state index contributed by atoms with van der Waals surface area (Å²) >= 11 is 0. The van der Waals surface area contributed by atoms with Gasteiger partial charge >= 0.3 is 0 Å². The summed E-state index contributed by atoms with van der Waals surface area (Å²) in [6.07, 6.45) is 4.50. The average molecular weight is 264 g/mol. The van der Waals surface area contributed by atoms with Crippen LogP contribution in [-0.2, 0) is 6.42 Å². The van der Waals surface area contributed by atoms with Gasteiger partial charge in [0.1, 0.15) is 5.75 Å². The molecule has 20 heavy (non-hydrogen) atoms. The lowest BCUT2D eigenvalue weighted by Crippen LogP contribution is -2.12. The molecule has 2 heterocycles. The number of nitrogens with zero attached hydrogens (tertiary/aromatic N) is 2. The molecule has 1 aliphatic heterocycles. The van der Waals surface area contributed by atoms with Crippen molar-refractivity contribution in [2.75, 3.05) is 6.61 Å². The van der Waals surface area contributed by atoms with E-state index in [-0.39, 0.29) is 0 Å². The van der Waals surface area contributed by atoms with Gasteiger partial charge in [0.25, 0.3) is 0 Å². The zero-order valence-electron chi connectivity index (χ0n) is 11.7. The number of fused-ring (bicyclic) bond motifs is 2. The summed E-state index contributed by atoms with van der Waals surface area (Å²) in [7, 11) is 0. The van der Waals surface area contributed by atoms with Crippen LogP contribution in [0.25, 0.3) is 21.8 Å². The lowest BCUT2D eigenvalue weighted by atomic mass is 9.91. The Morgan fingerprint density at radius 1 is 1.10 bits per heavy atom. The Morgan fingerprint density at radius 2 is 1.90 bits per heavy atom. The van der Waals surface area contributed by atoms with Gasteiger partial charge in [-0.3, -0.25) is 9.97 Å². The zero-order chi connectivity index (χ0) is 13.7. The molecule has 0 atom stereocenters. The molecule has 100 valence electrons. The highest BCUT2D eigenvalue weighted by Crippen LogP contribution is 2.43. The number of ether oxygens (including phenoxy) is 1. The maximum absolute atomic E-state index is 6.03. The van der Waals surface area contributed by atoms with Gasteiger partial charge in [-0.15, -0.1) is 0 Å². The Balaban J connectivity index is 2.31. The average Bonchev–Trinajstić information content (AvgIpc) is 2.47. The van der Waals surface area contributed by atoms with Gasteiger partial charge in [-0.1, -0.05) is 32.0 Å². The van der Waals surface area contributed by atoms with E-state index in [0.29, 0.717) is 5.92 Å². The number of benzene rings is 2. The van der Waals surface area contributed by atoms with Crippen LogP contribution in [0.4, 0.5) is 0 Å². The van der Waals surface area contributed by atoms with Crippen molar-refractivity contribution in [3.63, 3.8) is 0 Å². The van der Waals surface area contributed by atoms with Crippen molar-refractivity contribution >= 4 is 21.8 Å². The first-order valence-corrected chi connectivity index (χ1v) is 7.08. The number of hydrogen-bond acceptors (Lipinski definition) is 3. The highest BCUT2D eigenvalue weighted by Gasteiger charge is 2.23. The molecular formula is C17H16N2O. The molecule has 0 aliphatic carbocycles. The van der Waals surface area contributed by atoms with E-state index in [9.17, 15) is 0 Å². The van der Waals surface area contributed by atoms with E-state index < -0.39 is 0 Å². The van der Waals surface area contributed by atoms with Gasteiger partial charge in [-0.25, -0.2) is 0 Å². The first kappa shape index (κ1) is 11.6. The number of hydrogen-bond donors (Lipinski definition) is 0. The van der Waals surface area contributed by atoms with Gasteiger partial charge < -0.3 is 4.74 Å². The van der Waals surface area contributed by atoms with Crippen LogP contribution in [0.5, 0.6) is 5.75 Å². The fourth-order valence-electron chi connectivity index (χ4n) is 3.20. The third kappa shape index (κ3) is 1.46. The molecule has 0 bridgehead atoms. The quantitative estimate of drug-likeness (QED) is 0.626. The van der Waals surface area contributed by atoms with E-state index in [0.717, 1.165) is 35.2 Å². The summed E-state index contributed by atoms with van der Waals surface area (Å²) in [6, 6.07) is 6.43. The van der Waals surface area contributed by atoms with Gasteiger partial charge in [0.05, 0.1) is 17.6 Å². The SMILES string of the molecule is CC(C)c1c2c3c(cccc3c3nccnc13)CCO2. The first-order valence-electron chi connectivity index (χ1n) is 7.08. The molecule has 0 N–H and O–H groups in total. The largest absolute Gasteiger partial charge is 0.492 e. The molecule has 0 fully saturated rings. The van der Waals surface area contributed by atoms with Crippen molar-refractivity contribution in [2.45, 2.75) is 26.2 Å². The normalized spacial score (nSPS) is 13.9. The Morgan fingerprint density at radius 3 is 2.70 bits per heavy atom. The second-order valence-corrected chi connectivity index (χ2v) is 5.59. The van der Waals surface area contributed by atoms with Crippen molar-refractivity contribution < 1.29 is 4.74 Å². The third-order valence-corrected chi connectivity index (χ3v) is 4.03. The van der Waals surface area contributed by atoms with E-state index in [2.05, 4.69) is 42.0 Å². The van der Waals surface area contributed by atoms with Crippen LogP contribution in [0.15, 0.2) is 30.6 Å². The molecule has 1 aliphatic rings. The van der Waals surface area contributed by atoms with Crippen LogP contribution in [0.2, 0.25) is 0 Å². The molecule has 0 spiro atoms. The Hall–Kier alpha value is -2.16. The van der Waals surface area contributed by atoms with E-state index >= 15 is 0 Å². The maximum Gasteiger partial charge on any atom is 0.133 e. The Labute approximate surface area is 117 Å². The van der Waals surface area contributed by atoms with Crippen molar-refractivity contribution in [2.24, 2.45) is 0 Å². The lowest BCUT2D eigenvalue weighted by molar-refractivity contribution is 0.314. The van der Waals surface area contributed by atoms with E-state index in [1.807, 2.05) is 0 Å². The Kier molecular flexibility index (Phi) is 2.43. The van der Waals surface area contributed by atoms with Crippen molar-refractivity contribution in [3.05, 3.63) is 41.7 Å². The number of rotatable bonds is 1. The minimum Gasteiger partial charge on any atom is -0.492 e. The molecule has 0 unspecified atom stereocenters. The van der Waals surface area contributed by atoms with Gasteiger partial charge in [-0.05, 0) is 11.5 Å². The van der Waals surface area contributed by atoms with E-state index in [1.54, 1.807) is 12.4 Å². The molecule has 0 saturated carbocycles. The summed E-state index contributed by atoms with van der Waals surface area (Å²) in [6.45, 7) is 5.12. The first-order chi connectivity index (χ1) is 9.77. The standard InChI is InChI=1S/C17H16N2O/c1-10(2)13-16-15(18-7-8-19-16)12-5-3-4-11-6-9-20-17(13)14(11)12/h3-5,7-8,10H,6,9H2,1-2H3. The summed E-state index contributed by atoms with van der Waals surface area (Å²) in [5.74, 6) is 1.38. The van der Waals surface area contributed by atoms with E-state index in [4.69, 9.17) is 4.74 Å². The van der Waals surface area contributed by atoms with Gasteiger partial charge in [0.15, 0.2) is 0 Å². The topological polar surface area (TPSA) is 35.0 Å². The van der Waals surface area contributed by atoms with E-state index in [1.165, 1.54) is 16.5 Å². The second kappa shape index (κ2) is 4.17. The summed E-state index contributed by atoms with van der Waals surface area (Å²) in [5.41, 5.74) is 4.51. The van der Waals surface area contributed by atoms with Crippen LogP contribution in [0.1, 0.15) is 30.9 Å². The predicted octanol–water partition coefficient (Wildman–Crippen LogP) is 3.84. The minimum absolute atomic E-state index is 0.361. The maximum atomic E-state index is 6.03. The molecule has 0 radical (unpaired) electrons. The van der Waals surface area contributed by atoms with Crippen molar-refractivity contribution in [1.29, 1.82) is 0 Å². The fourth-order valence-corrected chi connectivity index (χ4v) is 3.20. The molecule has 1 aromatic heterocycles. The molecule has 4 rings (SSSR count). The molecule has 0 saturated heterocycles. The minimum atomic E-state index is 0.361. The number of aromatic nitrogens is 2. The van der Waals surface area contributed by atoms with Crippen LogP contribution in [0.3, 0.4) is 0 Å². The lowest BCUT2D eigenvalue weighted by Gasteiger charge is -2.24. The van der Waals surface area contributed by atoms with Gasteiger partial charge in [-0.2, -0.15) is 0 Å². The summed E-state index contributed by atoms with van der Waals surface area (Å²) in [5, 5.41) is 2.39. The van der Waals surface area contributed by atoms with Crippen LogP contribution in [0, 0.1) is 0 Å². The monoisotopic (exact) mass is 264 g/mol. The zero-order valence-corrected chi connectivity index (χ0v) is 11.7. The second-order valence-electron chi connectivity index (χ2n) is 5.59. The van der Waals surface area contributed by atoms with Crippen molar-refractivity contribution in [1.82, 2.24) is 9.97 Å². The van der Waals surface area contributed by atoms with Gasteiger partial charge in [0, 0.05) is 35.2 Å². The highest BCUT2D eigenvalue weighted by atomic mass is 16.5. The molecular weight excluding hydrogens is 248 g/mol. The molecule has 3 heteroatoms. The predicted molar refractivity (Wildman–Crippen MR) is 80.3 cm³/mol. The third-order valence-electron chi connectivity index (χ3n) is 4.03. The highest BCUT2D eigenvalue weighted by molar-refractivity contribution is 6.10. The molecule has 3 nitrogen and oxygen atoms in total. The van der Waals surface area contributed by atoms with Gasteiger partial charge in [0.2, 0.25) is 0 Å². The molecule has 3 aromatic rings. The molecule has 2 aromatic carbocycles. The Bertz CT molecular complexity index is 824. The summed E-state index contributed by atoms with van der Waals surface area (Å²) in [4.78, 5) is 9.15. The van der Waals surface area contributed by atoms with Crippen molar-refractivity contribution in [3.8, 4) is 5.75 Å². The molecule has 0 amide bonds. The summed E-state index contributed by atoms with van der Waals surface area (Å²) < 4.78 is 6.03. The van der Waals surface area contributed by atoms with Crippen LogP contribution < -0.4 is 4.74 Å². The van der Waals surface area contributed by atoms with Crippen LogP contribution in [-0.4, -0.2) is 16.6 Å². The smallest absolute Gasteiger partial charge is 0.133 e. The fraction of sp³-hybridized carbons (Fsp3) is 0.294.